The van der Waals surface area contributed by atoms with Crippen molar-refractivity contribution < 1.29 is 19.8 Å². The van der Waals surface area contributed by atoms with E-state index in [-0.39, 0.29) is 22.4 Å². The molecule has 2 aliphatic carbocycles. The Morgan fingerprint density at radius 2 is 1.68 bits per heavy atom. The van der Waals surface area contributed by atoms with Crippen molar-refractivity contribution in [3.63, 3.8) is 0 Å². The molecule has 0 saturated carbocycles. The second-order valence-corrected chi connectivity index (χ2v) is 9.26. The molecule has 1 aromatic rings. The van der Waals surface area contributed by atoms with Crippen LogP contribution in [0.25, 0.3) is 0 Å². The molecule has 0 spiro atoms. The van der Waals surface area contributed by atoms with Crippen molar-refractivity contribution in [3.05, 3.63) is 58.8 Å². The van der Waals surface area contributed by atoms with Crippen LogP contribution in [-0.4, -0.2) is 22.1 Å². The maximum atomic E-state index is 11.9. The molecule has 150 valence electrons. The van der Waals surface area contributed by atoms with Crippen LogP contribution in [0.2, 0.25) is 0 Å². The second-order valence-electron chi connectivity index (χ2n) is 9.26. The van der Waals surface area contributed by atoms with Crippen LogP contribution in [0.5, 0.6) is 0 Å². The van der Waals surface area contributed by atoms with Crippen LogP contribution in [0, 0.1) is 5.92 Å². The molecule has 0 heterocycles. The van der Waals surface area contributed by atoms with Crippen LogP contribution >= 0.6 is 0 Å². The van der Waals surface area contributed by atoms with Crippen LogP contribution in [-0.2, 0) is 26.0 Å². The number of nitrogens with one attached hydrogen (secondary N) is 1. The van der Waals surface area contributed by atoms with Gasteiger partial charge in [0.05, 0.1) is 5.70 Å². The fourth-order valence-electron chi connectivity index (χ4n) is 4.45. The lowest BCUT2D eigenvalue weighted by Crippen LogP contribution is -2.47. The quantitative estimate of drug-likeness (QED) is 0.745. The Balaban J connectivity index is 2.22. The fourth-order valence-corrected chi connectivity index (χ4v) is 4.45. The number of benzene rings is 1. The number of rotatable bonds is 3. The van der Waals surface area contributed by atoms with E-state index in [1.54, 1.807) is 18.2 Å². The van der Waals surface area contributed by atoms with Gasteiger partial charge >= 0.3 is 5.97 Å². The third kappa shape index (κ3) is 3.18. The molecular weight excluding hydrogens is 354 g/mol. The van der Waals surface area contributed by atoms with E-state index in [9.17, 15) is 19.8 Å². The minimum atomic E-state index is -1.85. The molecular formula is C23H29NO4. The average molecular weight is 383 g/mol. The maximum Gasteiger partial charge on any atom is 0.314 e. The first-order valence-corrected chi connectivity index (χ1v) is 9.67. The average Bonchev–Trinajstić information content (AvgIpc) is 2.60. The summed E-state index contributed by atoms with van der Waals surface area (Å²) in [5.41, 5.74) is 1.09. The van der Waals surface area contributed by atoms with Gasteiger partial charge in [-0.3, -0.25) is 9.59 Å². The summed E-state index contributed by atoms with van der Waals surface area (Å²) in [6.07, 6.45) is 6.65. The van der Waals surface area contributed by atoms with Gasteiger partial charge < -0.3 is 15.5 Å². The number of amides is 1. The smallest absolute Gasteiger partial charge is 0.314 e. The Hall–Kier alpha value is -2.40. The van der Waals surface area contributed by atoms with Crippen molar-refractivity contribution in [1.29, 1.82) is 0 Å². The molecule has 1 aromatic carbocycles. The summed E-state index contributed by atoms with van der Waals surface area (Å²) < 4.78 is 0. The number of carboxylic acid groups (broad SMARTS) is 1. The van der Waals surface area contributed by atoms with Gasteiger partial charge in [0.2, 0.25) is 5.91 Å². The Kier molecular flexibility index (Phi) is 4.79. The Labute approximate surface area is 166 Å². The lowest BCUT2D eigenvalue weighted by atomic mass is 9.62. The molecule has 5 nitrogen and oxygen atoms in total. The van der Waals surface area contributed by atoms with Crippen LogP contribution in [0.1, 0.15) is 64.2 Å². The van der Waals surface area contributed by atoms with Gasteiger partial charge in [-0.15, -0.1) is 0 Å². The highest BCUT2D eigenvalue weighted by Gasteiger charge is 2.48. The van der Waals surface area contributed by atoms with Crippen molar-refractivity contribution in [3.8, 4) is 0 Å². The van der Waals surface area contributed by atoms with E-state index < -0.39 is 17.5 Å². The fraction of sp³-hybridized carbons (Fsp3) is 0.478. The van der Waals surface area contributed by atoms with E-state index in [4.69, 9.17) is 0 Å². The number of hydrogen-bond donors (Lipinski definition) is 3. The summed E-state index contributed by atoms with van der Waals surface area (Å²) >= 11 is 0. The van der Waals surface area contributed by atoms with Crippen molar-refractivity contribution in [2.24, 2.45) is 5.92 Å². The molecule has 2 aliphatic rings. The van der Waals surface area contributed by atoms with E-state index in [2.05, 4.69) is 33.0 Å². The van der Waals surface area contributed by atoms with Crippen LogP contribution in [0.3, 0.4) is 0 Å². The van der Waals surface area contributed by atoms with Gasteiger partial charge in [-0.05, 0) is 46.4 Å². The topological polar surface area (TPSA) is 86.6 Å². The number of carbonyl (C=O) groups is 2. The van der Waals surface area contributed by atoms with E-state index in [1.807, 2.05) is 12.1 Å². The molecule has 3 N–H and O–H groups in total. The largest absolute Gasteiger partial charge is 0.481 e. The van der Waals surface area contributed by atoms with Gasteiger partial charge in [-0.25, -0.2) is 0 Å². The summed E-state index contributed by atoms with van der Waals surface area (Å²) in [6, 6.07) is 5.74. The Morgan fingerprint density at radius 3 is 2.25 bits per heavy atom. The third-order valence-electron chi connectivity index (χ3n) is 6.30. The van der Waals surface area contributed by atoms with Gasteiger partial charge in [-0.2, -0.15) is 0 Å². The molecule has 0 aliphatic heterocycles. The molecule has 28 heavy (non-hydrogen) atoms. The lowest BCUT2D eigenvalue weighted by molar-refractivity contribution is -0.148. The number of allylic oxidation sites excluding steroid dienone is 2. The summed E-state index contributed by atoms with van der Waals surface area (Å²) in [4.78, 5) is 23.6. The Bertz CT molecular complexity index is 894. The summed E-state index contributed by atoms with van der Waals surface area (Å²) in [5, 5.41) is 24.1. The van der Waals surface area contributed by atoms with Crippen LogP contribution < -0.4 is 5.32 Å². The monoisotopic (exact) mass is 383 g/mol. The molecule has 0 aromatic heterocycles. The first-order chi connectivity index (χ1) is 12.9. The molecule has 3 rings (SSSR count). The summed E-state index contributed by atoms with van der Waals surface area (Å²) in [6.45, 7) is 10.1. The van der Waals surface area contributed by atoms with Gasteiger partial charge in [0.25, 0.3) is 0 Å². The van der Waals surface area contributed by atoms with Gasteiger partial charge in [-0.1, -0.05) is 58.0 Å². The third-order valence-corrected chi connectivity index (χ3v) is 6.30. The second kappa shape index (κ2) is 6.59. The highest BCUT2D eigenvalue weighted by atomic mass is 16.4. The molecule has 2 atom stereocenters. The standard InChI is InChI=1S/C23H29NO4/c1-14(25)24-19-8-6-7-17(20(26)27)23(19,28)15-9-10-16-18(13-15)22(4,5)12-11-21(16,2)3/h6-10,13,17,28H,11-12H2,1-5H3,(H,24,25)(H,26,27). The Morgan fingerprint density at radius 1 is 1.07 bits per heavy atom. The number of aliphatic carboxylic acids is 1. The van der Waals surface area contributed by atoms with Crippen molar-refractivity contribution >= 4 is 11.9 Å². The first kappa shape index (κ1) is 20.3. The zero-order valence-electron chi connectivity index (χ0n) is 17.2. The highest BCUT2D eigenvalue weighted by Crippen LogP contribution is 2.48. The predicted molar refractivity (Wildman–Crippen MR) is 108 cm³/mol. The molecule has 5 heteroatoms. The van der Waals surface area contributed by atoms with Crippen LogP contribution in [0.4, 0.5) is 0 Å². The highest BCUT2D eigenvalue weighted by molar-refractivity contribution is 5.79. The number of aliphatic hydroxyl groups is 1. The number of fused-ring (bicyclic) bond motifs is 1. The number of carboxylic acids is 1. The van der Waals surface area contributed by atoms with E-state index >= 15 is 0 Å². The van der Waals surface area contributed by atoms with Crippen molar-refractivity contribution in [1.82, 2.24) is 5.32 Å². The number of carbonyl (C=O) groups excluding carboxylic acids is 1. The molecule has 1 amide bonds. The SMILES string of the molecule is CC(=O)NC1=CC=CC(C(=O)O)C1(O)c1ccc2c(c1)C(C)(C)CCC2(C)C. The minimum Gasteiger partial charge on any atom is -0.481 e. The zero-order chi connectivity index (χ0) is 20.9. The van der Waals surface area contributed by atoms with Gasteiger partial charge in [0, 0.05) is 6.92 Å². The predicted octanol–water partition coefficient (Wildman–Crippen LogP) is 3.51. The van der Waals surface area contributed by atoms with E-state index in [0.29, 0.717) is 5.56 Å². The van der Waals surface area contributed by atoms with E-state index in [1.165, 1.54) is 18.6 Å². The maximum absolute atomic E-state index is 11.9. The van der Waals surface area contributed by atoms with Crippen molar-refractivity contribution in [2.75, 3.05) is 0 Å². The molecule has 0 bridgehead atoms. The molecule has 2 unspecified atom stereocenters. The van der Waals surface area contributed by atoms with Crippen molar-refractivity contribution in [2.45, 2.75) is 63.9 Å². The molecule has 0 radical (unpaired) electrons. The van der Waals surface area contributed by atoms with Gasteiger partial charge in [0.15, 0.2) is 0 Å². The zero-order valence-corrected chi connectivity index (χ0v) is 17.2. The summed E-state index contributed by atoms with van der Waals surface area (Å²) in [7, 11) is 0. The normalized spacial score (nSPS) is 27.5. The van der Waals surface area contributed by atoms with Crippen LogP contribution in [0.15, 0.2) is 42.1 Å². The molecule has 0 saturated heterocycles. The molecule has 0 fully saturated rings. The van der Waals surface area contributed by atoms with Gasteiger partial charge in [0.1, 0.15) is 11.5 Å². The van der Waals surface area contributed by atoms with E-state index in [0.717, 1.165) is 18.4 Å². The number of hydrogen-bond acceptors (Lipinski definition) is 3. The lowest BCUT2D eigenvalue weighted by Gasteiger charge is -2.43. The summed E-state index contributed by atoms with van der Waals surface area (Å²) in [5.74, 6) is -2.70. The minimum absolute atomic E-state index is 0.0149. The first-order valence-electron chi connectivity index (χ1n) is 9.67.